The standard InChI is InChI=1S/C16H23ClN2O3/c1-11(2)22-12-5-6-13(14(17)9-12)16(21)18-10-15(20)19-7-3-4-8-19/h5-6,11-12H,3-4,7-10H2,1-2H3,(H,18,21). The molecule has 2 aliphatic rings. The van der Waals surface area contributed by atoms with Gasteiger partial charge in [-0.15, -0.1) is 0 Å². The van der Waals surface area contributed by atoms with Crippen LogP contribution in [0.25, 0.3) is 0 Å². The number of nitrogens with zero attached hydrogens (tertiary/aromatic N) is 1. The molecule has 0 aromatic carbocycles. The minimum absolute atomic E-state index is 0.0201. The number of carbonyl (C=O) groups excluding carboxylic acids is 2. The van der Waals surface area contributed by atoms with Crippen molar-refractivity contribution in [2.45, 2.75) is 45.3 Å². The third-order valence-electron chi connectivity index (χ3n) is 3.70. The minimum atomic E-state index is -0.309. The maximum absolute atomic E-state index is 12.1. The largest absolute Gasteiger partial charge is 0.371 e. The van der Waals surface area contributed by atoms with Crippen LogP contribution in [0.4, 0.5) is 0 Å². The van der Waals surface area contributed by atoms with Gasteiger partial charge in [0, 0.05) is 24.5 Å². The first kappa shape index (κ1) is 17.0. The highest BCUT2D eigenvalue weighted by molar-refractivity contribution is 6.32. The molecule has 6 heteroatoms. The van der Waals surface area contributed by atoms with Gasteiger partial charge < -0.3 is 15.0 Å². The van der Waals surface area contributed by atoms with Crippen LogP contribution in [0.5, 0.6) is 0 Å². The SMILES string of the molecule is CC(C)OC1C=CC(C(=O)NCC(=O)N2CCCC2)=C(Cl)C1. The molecule has 1 heterocycles. The molecule has 1 aliphatic carbocycles. The van der Waals surface area contributed by atoms with Gasteiger partial charge in [-0.25, -0.2) is 0 Å². The minimum Gasteiger partial charge on any atom is -0.371 e. The van der Waals surface area contributed by atoms with E-state index in [1.807, 2.05) is 19.9 Å². The van der Waals surface area contributed by atoms with Crippen LogP contribution in [-0.4, -0.2) is 48.6 Å². The van der Waals surface area contributed by atoms with Crippen molar-refractivity contribution in [3.8, 4) is 0 Å². The van der Waals surface area contributed by atoms with E-state index in [0.717, 1.165) is 25.9 Å². The van der Waals surface area contributed by atoms with E-state index in [9.17, 15) is 9.59 Å². The van der Waals surface area contributed by atoms with Crippen molar-refractivity contribution in [3.63, 3.8) is 0 Å². The predicted octanol–water partition coefficient (Wildman–Crippen LogP) is 1.97. The van der Waals surface area contributed by atoms with E-state index >= 15 is 0 Å². The van der Waals surface area contributed by atoms with Gasteiger partial charge in [-0.05, 0) is 32.8 Å². The van der Waals surface area contributed by atoms with Gasteiger partial charge in [0.2, 0.25) is 5.91 Å². The lowest BCUT2D eigenvalue weighted by Gasteiger charge is -2.21. The lowest BCUT2D eigenvalue weighted by atomic mass is 10.0. The maximum Gasteiger partial charge on any atom is 0.252 e. The smallest absolute Gasteiger partial charge is 0.252 e. The molecule has 122 valence electrons. The summed E-state index contributed by atoms with van der Waals surface area (Å²) in [6.07, 6.45) is 6.08. The zero-order chi connectivity index (χ0) is 16.1. The first-order valence-electron chi connectivity index (χ1n) is 7.75. The van der Waals surface area contributed by atoms with Crippen LogP contribution in [0.3, 0.4) is 0 Å². The number of hydrogen-bond donors (Lipinski definition) is 1. The van der Waals surface area contributed by atoms with Crippen LogP contribution in [-0.2, 0) is 14.3 Å². The first-order valence-corrected chi connectivity index (χ1v) is 8.13. The molecule has 0 aromatic rings. The van der Waals surface area contributed by atoms with Gasteiger partial charge in [0.05, 0.1) is 24.3 Å². The molecular formula is C16H23ClN2O3. The monoisotopic (exact) mass is 326 g/mol. The fourth-order valence-corrected chi connectivity index (χ4v) is 2.92. The Morgan fingerprint density at radius 1 is 1.41 bits per heavy atom. The van der Waals surface area contributed by atoms with E-state index in [2.05, 4.69) is 5.32 Å². The summed E-state index contributed by atoms with van der Waals surface area (Å²) in [5.41, 5.74) is 0.416. The summed E-state index contributed by atoms with van der Waals surface area (Å²) >= 11 is 6.19. The third-order valence-corrected chi connectivity index (χ3v) is 4.06. The van der Waals surface area contributed by atoms with Gasteiger partial charge >= 0.3 is 0 Å². The lowest BCUT2D eigenvalue weighted by molar-refractivity contribution is -0.131. The Balaban J connectivity index is 1.84. The second kappa shape index (κ2) is 7.79. The topological polar surface area (TPSA) is 58.6 Å². The van der Waals surface area contributed by atoms with Gasteiger partial charge in [0.25, 0.3) is 5.91 Å². The second-order valence-corrected chi connectivity index (χ2v) is 6.33. The molecule has 1 atom stereocenters. The number of carbonyl (C=O) groups is 2. The zero-order valence-corrected chi connectivity index (χ0v) is 13.9. The third kappa shape index (κ3) is 4.58. The van der Waals surface area contributed by atoms with Crippen molar-refractivity contribution in [1.29, 1.82) is 0 Å². The Labute approximate surface area is 136 Å². The van der Waals surface area contributed by atoms with E-state index in [1.165, 1.54) is 0 Å². The van der Waals surface area contributed by atoms with E-state index < -0.39 is 0 Å². The molecule has 2 amide bonds. The van der Waals surface area contributed by atoms with Crippen molar-refractivity contribution in [1.82, 2.24) is 10.2 Å². The van der Waals surface area contributed by atoms with Gasteiger partial charge in [-0.2, -0.15) is 0 Å². The average Bonchev–Trinajstić information content (AvgIpc) is 2.98. The molecule has 1 unspecified atom stereocenters. The van der Waals surface area contributed by atoms with Crippen molar-refractivity contribution in [2.75, 3.05) is 19.6 Å². The molecule has 5 nitrogen and oxygen atoms in total. The average molecular weight is 327 g/mol. The normalized spacial score (nSPS) is 21.6. The molecule has 0 spiro atoms. The van der Waals surface area contributed by atoms with E-state index in [0.29, 0.717) is 17.0 Å². The first-order chi connectivity index (χ1) is 10.5. The van der Waals surface area contributed by atoms with Gasteiger partial charge in [0.1, 0.15) is 0 Å². The van der Waals surface area contributed by atoms with E-state index in [1.54, 1.807) is 11.0 Å². The highest BCUT2D eigenvalue weighted by Crippen LogP contribution is 2.25. The van der Waals surface area contributed by atoms with Crippen LogP contribution < -0.4 is 5.32 Å². The number of rotatable bonds is 5. The van der Waals surface area contributed by atoms with Gasteiger partial charge in [-0.3, -0.25) is 9.59 Å². The number of nitrogens with one attached hydrogen (secondary N) is 1. The van der Waals surface area contributed by atoms with Crippen LogP contribution in [0.1, 0.15) is 33.1 Å². The lowest BCUT2D eigenvalue weighted by Crippen LogP contribution is -2.39. The van der Waals surface area contributed by atoms with Crippen molar-refractivity contribution in [3.05, 3.63) is 22.8 Å². The molecule has 0 bridgehead atoms. The molecule has 1 fully saturated rings. The zero-order valence-electron chi connectivity index (χ0n) is 13.1. The van der Waals surface area contributed by atoms with Crippen LogP contribution in [0, 0.1) is 0 Å². The molecule has 0 saturated carbocycles. The quantitative estimate of drug-likeness (QED) is 0.840. The molecule has 22 heavy (non-hydrogen) atoms. The van der Waals surface area contributed by atoms with Crippen molar-refractivity contribution >= 4 is 23.4 Å². The van der Waals surface area contributed by atoms with Crippen molar-refractivity contribution in [2.24, 2.45) is 0 Å². The summed E-state index contributed by atoms with van der Waals surface area (Å²) in [4.78, 5) is 25.8. The molecule has 0 aromatic heterocycles. The fourth-order valence-electron chi connectivity index (χ4n) is 2.62. The van der Waals surface area contributed by atoms with E-state index in [4.69, 9.17) is 16.3 Å². The van der Waals surface area contributed by atoms with Crippen molar-refractivity contribution < 1.29 is 14.3 Å². The fraction of sp³-hybridized carbons (Fsp3) is 0.625. The molecule has 1 aliphatic heterocycles. The predicted molar refractivity (Wildman–Crippen MR) is 85.5 cm³/mol. The Bertz CT molecular complexity index is 494. The van der Waals surface area contributed by atoms with Crippen LogP contribution >= 0.6 is 11.6 Å². The highest BCUT2D eigenvalue weighted by Gasteiger charge is 2.22. The molecular weight excluding hydrogens is 304 g/mol. The highest BCUT2D eigenvalue weighted by atomic mass is 35.5. The molecule has 1 saturated heterocycles. The molecule has 1 N–H and O–H groups in total. The maximum atomic E-state index is 12.1. The summed E-state index contributed by atoms with van der Waals surface area (Å²) in [6.45, 7) is 5.50. The summed E-state index contributed by atoms with van der Waals surface area (Å²) < 4.78 is 5.66. The Morgan fingerprint density at radius 3 is 2.68 bits per heavy atom. The van der Waals surface area contributed by atoms with Gasteiger partial charge in [0.15, 0.2) is 0 Å². The van der Waals surface area contributed by atoms with E-state index in [-0.39, 0.29) is 30.6 Å². The van der Waals surface area contributed by atoms with Crippen LogP contribution in [0.15, 0.2) is 22.8 Å². The van der Waals surface area contributed by atoms with Crippen LogP contribution in [0.2, 0.25) is 0 Å². The Kier molecular flexibility index (Phi) is 6.03. The Hall–Kier alpha value is -1.33. The van der Waals surface area contributed by atoms with Gasteiger partial charge in [-0.1, -0.05) is 17.7 Å². The number of hydrogen-bond acceptors (Lipinski definition) is 3. The molecule has 0 radical (unpaired) electrons. The number of ether oxygens (including phenoxy) is 1. The summed E-state index contributed by atoms with van der Waals surface area (Å²) in [5, 5.41) is 3.12. The summed E-state index contributed by atoms with van der Waals surface area (Å²) in [6, 6.07) is 0. The number of halogens is 1. The summed E-state index contributed by atoms with van der Waals surface area (Å²) in [7, 11) is 0. The number of likely N-dealkylation sites (tertiary alicyclic amines) is 1. The Morgan fingerprint density at radius 2 is 2.09 bits per heavy atom. The summed E-state index contributed by atoms with van der Waals surface area (Å²) in [5.74, 6) is -0.347. The molecule has 2 rings (SSSR count). The number of amides is 2. The second-order valence-electron chi connectivity index (χ2n) is 5.88.